The monoisotopic (exact) mass is 726 g/mol. The van der Waals surface area contributed by atoms with Crippen LogP contribution in [-0.4, -0.2) is 63.0 Å². The van der Waals surface area contributed by atoms with Crippen molar-refractivity contribution < 1.29 is 65.9 Å². The van der Waals surface area contributed by atoms with Crippen molar-refractivity contribution in [1.29, 1.82) is 0 Å². The number of nitrogen functional groups attached to an aromatic ring is 2. The lowest BCUT2D eigenvalue weighted by Gasteiger charge is -2.20. The van der Waals surface area contributed by atoms with Crippen molar-refractivity contribution in [2.75, 3.05) is 18.1 Å². The fourth-order valence-electron chi connectivity index (χ4n) is 4.94. The van der Waals surface area contributed by atoms with E-state index in [1.807, 2.05) is 13.8 Å². The second-order valence-electron chi connectivity index (χ2n) is 10.8. The molecule has 24 heteroatoms. The van der Waals surface area contributed by atoms with E-state index in [9.17, 15) is 38.7 Å². The Balaban J connectivity index is 1.56. The Labute approximate surface area is 266 Å². The molecule has 4 rings (SSSR count). The summed E-state index contributed by atoms with van der Waals surface area (Å²) in [6.45, 7) is 2.88. The van der Waals surface area contributed by atoms with Crippen LogP contribution in [0.4, 0.5) is 17.5 Å². The zero-order valence-corrected chi connectivity index (χ0v) is 27.4. The highest BCUT2D eigenvalue weighted by Gasteiger charge is 2.43. The summed E-state index contributed by atoms with van der Waals surface area (Å²) in [5, 5.41) is 22.7. The van der Waals surface area contributed by atoms with Gasteiger partial charge < -0.3 is 50.2 Å². The number of nitrogens with two attached hydrogens (primary N) is 2. The number of hydrogen-bond donors (Lipinski definition) is 7. The third-order valence-electron chi connectivity index (χ3n) is 6.73. The summed E-state index contributed by atoms with van der Waals surface area (Å²) in [7, 11) is -16.8. The fourth-order valence-corrected chi connectivity index (χ4v) is 7.97. The Morgan fingerprint density at radius 2 is 1.79 bits per heavy atom. The van der Waals surface area contributed by atoms with Crippen molar-refractivity contribution in [2.24, 2.45) is 5.92 Å². The van der Waals surface area contributed by atoms with Crippen LogP contribution in [-0.2, 0) is 42.9 Å². The number of aliphatic hydroxyl groups is 1. The van der Waals surface area contributed by atoms with Crippen LogP contribution in [0.5, 0.6) is 0 Å². The van der Waals surface area contributed by atoms with E-state index in [4.69, 9.17) is 30.7 Å². The minimum absolute atomic E-state index is 0.0151. The van der Waals surface area contributed by atoms with E-state index >= 15 is 0 Å². The lowest BCUT2D eigenvalue weighted by atomic mass is 9.98. The van der Waals surface area contributed by atoms with Crippen LogP contribution in [0.25, 0.3) is 11.0 Å². The summed E-state index contributed by atoms with van der Waals surface area (Å²) >= 11 is 0. The highest BCUT2D eigenvalue weighted by Crippen LogP contribution is 2.66. The maximum absolute atomic E-state index is 12.1. The molecular formula is C23H33N6O15P3. The van der Waals surface area contributed by atoms with Gasteiger partial charge in [0.2, 0.25) is 5.95 Å². The third-order valence-corrected chi connectivity index (χ3v) is 10.5. The fraction of sp³-hybridized carbons (Fsp3) is 0.478. The highest BCUT2D eigenvalue weighted by atomic mass is 31.3. The molecule has 3 aromatic rings. The molecule has 0 radical (unpaired) electrons. The molecule has 2 aromatic heterocycles. The molecule has 47 heavy (non-hydrogen) atoms. The van der Waals surface area contributed by atoms with Gasteiger partial charge in [-0.15, -0.1) is 0 Å². The summed E-state index contributed by atoms with van der Waals surface area (Å²) in [4.78, 5) is 55.9. The normalized spacial score (nSPS) is 21.9. The molecular weight excluding hydrogens is 693 g/mol. The van der Waals surface area contributed by atoms with Crippen molar-refractivity contribution >= 4 is 52.0 Å². The lowest BCUT2D eigenvalue weighted by molar-refractivity contribution is -0.386. The molecule has 9 N–H and O–H groups in total. The molecule has 0 saturated carbocycles. The number of nitrogens with zero attached hydrogens (tertiary/aromatic N) is 4. The van der Waals surface area contributed by atoms with Crippen LogP contribution in [0.3, 0.4) is 0 Å². The van der Waals surface area contributed by atoms with Gasteiger partial charge in [-0.05, 0) is 18.4 Å². The minimum Gasteiger partial charge on any atom is -0.390 e. The van der Waals surface area contributed by atoms with Gasteiger partial charge in [-0.1, -0.05) is 26.0 Å². The number of fused-ring (bicyclic) bond motifs is 1. The number of anilines is 2. The summed E-state index contributed by atoms with van der Waals surface area (Å²) in [6.07, 6.45) is -2.51. The van der Waals surface area contributed by atoms with Gasteiger partial charge >= 0.3 is 23.5 Å². The van der Waals surface area contributed by atoms with Gasteiger partial charge in [-0.25, -0.2) is 13.7 Å². The molecule has 6 atom stereocenters. The summed E-state index contributed by atoms with van der Waals surface area (Å²) in [5.41, 5.74) is 12.9. The van der Waals surface area contributed by atoms with Crippen molar-refractivity contribution in [1.82, 2.24) is 14.5 Å². The molecule has 1 fully saturated rings. The molecule has 1 aliphatic heterocycles. The first kappa shape index (κ1) is 37.0. The number of hydrogen-bond acceptors (Lipinski definition) is 15. The number of aliphatic hydroxyl groups excluding tert-OH is 1. The van der Waals surface area contributed by atoms with E-state index in [0.29, 0.717) is 22.9 Å². The Morgan fingerprint density at radius 3 is 2.43 bits per heavy atom. The lowest BCUT2D eigenvalue weighted by Crippen LogP contribution is -2.26. The molecule has 1 aromatic carbocycles. The van der Waals surface area contributed by atoms with Gasteiger partial charge in [0, 0.05) is 24.2 Å². The smallest absolute Gasteiger partial charge is 0.390 e. The number of nitro groups is 1. The zero-order chi connectivity index (χ0) is 34.9. The standard InChI is InChI=1S/C23H33N6O15P3/c1-12(2)7-17(14-5-3-4-6-15(14)29(31)32)40-10-13-9-28(22-20(13)21(24)26-23(25)27-22)19-8-16(30)18(42-19)11-41-46(36,37)44-47(38,39)43-45(33,34)35/h3-6,9,12,16-19,30H,7-8,10-11H2,1-2H3,(H,36,37)(H,38,39)(H2,33,34,35)(H4,24,25,26,27)/t16-,17?,18-,19-/m1/s1. The predicted octanol–water partition coefficient (Wildman–Crippen LogP) is 2.80. The molecule has 0 amide bonds. The molecule has 3 unspecified atom stereocenters. The predicted molar refractivity (Wildman–Crippen MR) is 161 cm³/mol. The number of nitro benzene ring substituents is 1. The van der Waals surface area contributed by atoms with Gasteiger partial charge in [-0.2, -0.15) is 18.6 Å². The molecule has 21 nitrogen and oxygen atoms in total. The number of aromatic nitrogens is 3. The van der Waals surface area contributed by atoms with Crippen LogP contribution in [0.1, 0.15) is 50.1 Å². The van der Waals surface area contributed by atoms with Crippen LogP contribution in [0, 0.1) is 16.0 Å². The molecule has 1 saturated heterocycles. The van der Waals surface area contributed by atoms with E-state index in [1.54, 1.807) is 24.4 Å². The first-order valence-corrected chi connectivity index (χ1v) is 18.2. The quantitative estimate of drug-likeness (QED) is 0.0672. The molecule has 260 valence electrons. The van der Waals surface area contributed by atoms with Crippen molar-refractivity contribution in [3.05, 3.63) is 51.7 Å². The minimum atomic E-state index is -5.75. The van der Waals surface area contributed by atoms with E-state index in [1.165, 1.54) is 10.6 Å². The maximum Gasteiger partial charge on any atom is 0.490 e. The molecule has 0 bridgehead atoms. The SMILES string of the molecule is CC(C)CC(OCc1cn([C@H]2C[C@@H](O)[C@@H](COP(=O)(O)OP(=O)(O)OP(=O)(O)O)O2)c2nc(N)nc(N)c12)c1ccccc1[N+](=O)[O-]. The van der Waals surface area contributed by atoms with E-state index in [2.05, 4.69) is 23.1 Å². The van der Waals surface area contributed by atoms with Gasteiger partial charge in [-0.3, -0.25) is 14.6 Å². The van der Waals surface area contributed by atoms with Crippen LogP contribution in [0.15, 0.2) is 30.5 Å². The van der Waals surface area contributed by atoms with Crippen molar-refractivity contribution in [2.45, 2.75) is 57.8 Å². The average molecular weight is 726 g/mol. The van der Waals surface area contributed by atoms with Crippen molar-refractivity contribution in [3.63, 3.8) is 0 Å². The number of ether oxygens (including phenoxy) is 2. The van der Waals surface area contributed by atoms with Crippen LogP contribution < -0.4 is 11.5 Å². The summed E-state index contributed by atoms with van der Waals surface area (Å²) < 4.78 is 60.0. The average Bonchev–Trinajstić information content (AvgIpc) is 3.47. The summed E-state index contributed by atoms with van der Waals surface area (Å²) in [5.74, 6) is -0.106. The summed E-state index contributed by atoms with van der Waals surface area (Å²) in [6, 6.07) is 6.22. The molecule has 0 aliphatic carbocycles. The van der Waals surface area contributed by atoms with Gasteiger partial charge in [0.25, 0.3) is 5.69 Å². The second kappa shape index (κ2) is 14.3. The molecule has 1 aliphatic rings. The van der Waals surface area contributed by atoms with Gasteiger partial charge in [0.15, 0.2) is 0 Å². The first-order chi connectivity index (χ1) is 21.7. The Morgan fingerprint density at radius 1 is 1.11 bits per heavy atom. The van der Waals surface area contributed by atoms with E-state index in [-0.39, 0.29) is 42.0 Å². The highest BCUT2D eigenvalue weighted by molar-refractivity contribution is 7.66. The van der Waals surface area contributed by atoms with Crippen LogP contribution in [0.2, 0.25) is 0 Å². The Bertz CT molecular complexity index is 1770. The largest absolute Gasteiger partial charge is 0.490 e. The van der Waals surface area contributed by atoms with Gasteiger partial charge in [0.05, 0.1) is 41.3 Å². The van der Waals surface area contributed by atoms with E-state index < -0.39 is 59.5 Å². The second-order valence-corrected chi connectivity index (χ2v) is 15.2. The van der Waals surface area contributed by atoms with E-state index in [0.717, 1.165) is 0 Å². The number of para-hydroxylation sites is 1. The third kappa shape index (κ3) is 9.61. The number of phosphoric acid groups is 3. The van der Waals surface area contributed by atoms with Crippen molar-refractivity contribution in [3.8, 4) is 0 Å². The number of benzene rings is 1. The zero-order valence-electron chi connectivity index (χ0n) is 24.7. The topological polar surface area (TPSA) is 324 Å². The first-order valence-electron chi connectivity index (χ1n) is 13.6. The molecule has 3 heterocycles. The van der Waals surface area contributed by atoms with Crippen LogP contribution >= 0.6 is 23.5 Å². The Kier molecular flexibility index (Phi) is 11.3. The Hall–Kier alpha value is -2.87. The van der Waals surface area contributed by atoms with Gasteiger partial charge in [0.1, 0.15) is 23.8 Å². The number of phosphoric ester groups is 1. The molecule has 0 spiro atoms. The number of rotatable bonds is 15. The maximum atomic E-state index is 12.1.